The molecule has 0 amide bonds. The smallest absolute Gasteiger partial charge is 0.126 e. The minimum absolute atomic E-state index is 0.713. The highest BCUT2D eigenvalue weighted by Crippen LogP contribution is 1.97. The molecular formula is C7H15BN2. The van der Waals surface area contributed by atoms with Crippen molar-refractivity contribution in [3.05, 3.63) is 0 Å². The molecule has 0 aliphatic carbocycles. The molecule has 2 radical (unpaired) electrons. The average molecular weight is 138 g/mol. The first-order valence-corrected chi connectivity index (χ1v) is 3.69. The van der Waals surface area contributed by atoms with Crippen LogP contribution in [0.2, 0.25) is 0 Å². The molecule has 56 valence electrons. The molecule has 0 aliphatic heterocycles. The van der Waals surface area contributed by atoms with Crippen LogP contribution in [-0.4, -0.2) is 32.4 Å². The van der Waals surface area contributed by atoms with Crippen molar-refractivity contribution >= 4 is 7.41 Å². The van der Waals surface area contributed by atoms with Crippen LogP contribution in [0.15, 0.2) is 0 Å². The summed E-state index contributed by atoms with van der Waals surface area (Å²) in [6.07, 6.45) is 2.38. The number of rotatable bonds is 4. The molecule has 0 rings (SSSR count). The summed E-state index contributed by atoms with van der Waals surface area (Å²) in [6, 6.07) is 0. The molecule has 0 saturated heterocycles. The number of nitriles is 1. The van der Waals surface area contributed by atoms with E-state index in [1.807, 2.05) is 14.1 Å². The SMILES string of the molecule is CCCC[N+](C)(C)[B-]C#N. The van der Waals surface area contributed by atoms with E-state index < -0.39 is 0 Å². The van der Waals surface area contributed by atoms with Crippen molar-refractivity contribution in [2.45, 2.75) is 19.8 Å². The largest absolute Gasteiger partial charge is 0.553 e. The Kier molecular flexibility index (Phi) is 4.14. The summed E-state index contributed by atoms with van der Waals surface area (Å²) in [5, 5.41) is 8.38. The Hall–Kier alpha value is -0.485. The van der Waals surface area contributed by atoms with Gasteiger partial charge >= 0.3 is 0 Å². The summed E-state index contributed by atoms with van der Waals surface area (Å²) in [6.45, 7) is 3.22. The first-order valence-electron chi connectivity index (χ1n) is 3.69. The molecule has 0 unspecified atom stereocenters. The molecule has 3 heteroatoms. The Bertz CT molecular complexity index is 126. The maximum atomic E-state index is 8.38. The molecule has 0 saturated carbocycles. The lowest BCUT2D eigenvalue weighted by atomic mass is 9.91. The van der Waals surface area contributed by atoms with Crippen molar-refractivity contribution in [3.63, 3.8) is 0 Å². The van der Waals surface area contributed by atoms with E-state index in [2.05, 4.69) is 12.9 Å². The predicted octanol–water partition coefficient (Wildman–Crippen LogP) is 0.963. The van der Waals surface area contributed by atoms with Gasteiger partial charge in [-0.1, -0.05) is 13.3 Å². The van der Waals surface area contributed by atoms with Gasteiger partial charge in [0.1, 0.15) is 7.41 Å². The third-order valence-electron chi connectivity index (χ3n) is 1.50. The van der Waals surface area contributed by atoms with Crippen LogP contribution in [0, 0.1) is 11.2 Å². The summed E-state index contributed by atoms with van der Waals surface area (Å²) in [7, 11) is 5.74. The summed E-state index contributed by atoms with van der Waals surface area (Å²) in [5.41, 5.74) is 0. The normalized spacial score (nSPS) is 11.0. The standard InChI is InChI=1S/C7H15BN2/c1-4-5-6-10(2,3)8-7-9/h4-6H2,1-3H3. The van der Waals surface area contributed by atoms with Crippen molar-refractivity contribution in [2.24, 2.45) is 0 Å². The zero-order valence-electron chi connectivity index (χ0n) is 7.09. The molecule has 0 fully saturated rings. The summed E-state index contributed by atoms with van der Waals surface area (Å²) >= 11 is 0. The van der Waals surface area contributed by atoms with E-state index in [0.29, 0.717) is 4.39 Å². The van der Waals surface area contributed by atoms with Gasteiger partial charge in [0, 0.05) is 20.6 Å². The van der Waals surface area contributed by atoms with Crippen molar-refractivity contribution < 1.29 is 4.39 Å². The van der Waals surface area contributed by atoms with Gasteiger partial charge in [-0.2, -0.15) is 0 Å². The number of nitrogens with zero attached hydrogens (tertiary/aromatic N) is 2. The number of hydrogen-bond donors (Lipinski definition) is 0. The second-order valence-corrected chi connectivity index (χ2v) is 3.11. The third-order valence-corrected chi connectivity index (χ3v) is 1.50. The molecule has 0 aromatic carbocycles. The third kappa shape index (κ3) is 4.40. The predicted molar refractivity (Wildman–Crippen MR) is 43.3 cm³/mol. The fraction of sp³-hybridized carbons (Fsp3) is 0.857. The fourth-order valence-electron chi connectivity index (χ4n) is 0.786. The van der Waals surface area contributed by atoms with Gasteiger partial charge < -0.3 is 4.39 Å². The molecule has 10 heavy (non-hydrogen) atoms. The van der Waals surface area contributed by atoms with Gasteiger partial charge in [-0.25, -0.2) is 5.26 Å². The number of hydrogen-bond acceptors (Lipinski definition) is 1. The Balaban J connectivity index is 3.55. The second kappa shape index (κ2) is 4.35. The van der Waals surface area contributed by atoms with Crippen LogP contribution in [-0.2, 0) is 0 Å². The maximum Gasteiger partial charge on any atom is 0.126 e. The lowest BCUT2D eigenvalue weighted by Crippen LogP contribution is -2.43. The van der Waals surface area contributed by atoms with Gasteiger partial charge in [0.2, 0.25) is 0 Å². The van der Waals surface area contributed by atoms with Gasteiger partial charge in [0.25, 0.3) is 0 Å². The maximum absolute atomic E-state index is 8.38. The molecule has 0 atom stereocenters. The lowest BCUT2D eigenvalue weighted by Gasteiger charge is -2.39. The molecule has 0 spiro atoms. The van der Waals surface area contributed by atoms with Crippen molar-refractivity contribution in [3.8, 4) is 5.97 Å². The number of quaternary nitrogens is 1. The van der Waals surface area contributed by atoms with E-state index >= 15 is 0 Å². The fourth-order valence-corrected chi connectivity index (χ4v) is 0.786. The monoisotopic (exact) mass is 138 g/mol. The van der Waals surface area contributed by atoms with E-state index in [4.69, 9.17) is 5.26 Å². The summed E-state index contributed by atoms with van der Waals surface area (Å²) < 4.78 is 0.713. The molecule has 0 N–H and O–H groups in total. The Morgan fingerprint density at radius 2 is 2.10 bits per heavy atom. The molecule has 0 bridgehead atoms. The van der Waals surface area contributed by atoms with E-state index in [-0.39, 0.29) is 0 Å². The highest BCUT2D eigenvalue weighted by Gasteiger charge is 2.00. The summed E-state index contributed by atoms with van der Waals surface area (Å²) in [5.74, 6) is 2.06. The van der Waals surface area contributed by atoms with Crippen LogP contribution in [0.5, 0.6) is 0 Å². The van der Waals surface area contributed by atoms with Crippen LogP contribution < -0.4 is 0 Å². The average Bonchev–Trinajstić information content (AvgIpc) is 1.84. The molecule has 0 aromatic heterocycles. The van der Waals surface area contributed by atoms with E-state index in [1.165, 1.54) is 12.8 Å². The zero-order valence-corrected chi connectivity index (χ0v) is 7.09. The highest BCUT2D eigenvalue weighted by molar-refractivity contribution is 6.36. The lowest BCUT2D eigenvalue weighted by molar-refractivity contribution is -0.777. The second-order valence-electron chi connectivity index (χ2n) is 3.11. The van der Waals surface area contributed by atoms with Gasteiger partial charge in [-0.05, 0) is 6.42 Å². The van der Waals surface area contributed by atoms with Gasteiger partial charge in [0.15, 0.2) is 0 Å². The topological polar surface area (TPSA) is 23.8 Å². The number of unbranched alkanes of at least 4 members (excludes halogenated alkanes) is 1. The Morgan fingerprint density at radius 3 is 2.50 bits per heavy atom. The van der Waals surface area contributed by atoms with E-state index in [9.17, 15) is 0 Å². The molecule has 0 heterocycles. The zero-order chi connectivity index (χ0) is 8.04. The van der Waals surface area contributed by atoms with Crippen LogP contribution in [0.4, 0.5) is 0 Å². The van der Waals surface area contributed by atoms with E-state index in [0.717, 1.165) is 6.54 Å². The van der Waals surface area contributed by atoms with Crippen molar-refractivity contribution in [1.82, 2.24) is 0 Å². The highest BCUT2D eigenvalue weighted by atomic mass is 15.2. The summed E-state index contributed by atoms with van der Waals surface area (Å²) in [4.78, 5) is 0. The van der Waals surface area contributed by atoms with Gasteiger partial charge in [-0.15, -0.1) is 5.97 Å². The van der Waals surface area contributed by atoms with E-state index in [1.54, 1.807) is 7.41 Å². The van der Waals surface area contributed by atoms with Crippen LogP contribution in [0.3, 0.4) is 0 Å². The van der Waals surface area contributed by atoms with Crippen molar-refractivity contribution in [2.75, 3.05) is 20.6 Å². The van der Waals surface area contributed by atoms with Crippen LogP contribution in [0.1, 0.15) is 19.8 Å². The molecule has 0 aliphatic rings. The molecule has 2 nitrogen and oxygen atoms in total. The van der Waals surface area contributed by atoms with Crippen LogP contribution in [0.25, 0.3) is 0 Å². The first-order chi connectivity index (χ1) is 4.62. The van der Waals surface area contributed by atoms with Crippen molar-refractivity contribution in [1.29, 1.82) is 5.26 Å². The van der Waals surface area contributed by atoms with Gasteiger partial charge in [-0.3, -0.25) is 0 Å². The molecular weight excluding hydrogens is 123 g/mol. The Morgan fingerprint density at radius 1 is 1.50 bits per heavy atom. The van der Waals surface area contributed by atoms with Gasteiger partial charge in [0.05, 0.1) is 0 Å². The minimum Gasteiger partial charge on any atom is -0.553 e. The molecule has 0 aromatic rings. The minimum atomic E-state index is 0.713. The first kappa shape index (κ1) is 9.51. The van der Waals surface area contributed by atoms with Crippen LogP contribution >= 0.6 is 0 Å². The quantitative estimate of drug-likeness (QED) is 0.531. The Labute approximate surface area is 64.3 Å².